The van der Waals surface area contributed by atoms with Crippen molar-refractivity contribution in [2.24, 2.45) is 0 Å². The molecule has 1 aliphatic heterocycles. The van der Waals surface area contributed by atoms with E-state index in [0.29, 0.717) is 24.2 Å². The molecular weight excluding hydrogens is 288 g/mol. The number of sulfone groups is 1. The van der Waals surface area contributed by atoms with Crippen molar-refractivity contribution >= 4 is 21.4 Å². The number of rotatable bonds is 4. The van der Waals surface area contributed by atoms with E-state index in [1.807, 2.05) is 6.92 Å². The molecule has 1 saturated heterocycles. The monoisotopic (exact) mass is 308 g/mol. The first-order chi connectivity index (χ1) is 9.84. The Labute approximate surface area is 125 Å². The number of nitrogens with zero attached hydrogens (tertiary/aromatic N) is 1. The molecular formula is C15H20N2O3S. The van der Waals surface area contributed by atoms with Gasteiger partial charge in [0, 0.05) is 23.8 Å². The van der Waals surface area contributed by atoms with Gasteiger partial charge in [-0.2, -0.15) is 0 Å². The highest BCUT2D eigenvalue weighted by Gasteiger charge is 2.34. The van der Waals surface area contributed by atoms with Gasteiger partial charge < -0.3 is 10.6 Å². The summed E-state index contributed by atoms with van der Waals surface area (Å²) in [4.78, 5) is 14.3. The summed E-state index contributed by atoms with van der Waals surface area (Å²) < 4.78 is 23.3. The Balaban J connectivity index is 2.32. The molecule has 1 aliphatic rings. The number of nitrogens with two attached hydrogens (primary N) is 1. The molecule has 1 unspecified atom stereocenters. The predicted molar refractivity (Wildman–Crippen MR) is 83.9 cm³/mol. The second-order valence-electron chi connectivity index (χ2n) is 5.38. The first-order valence-corrected chi connectivity index (χ1v) is 8.64. The molecule has 1 heterocycles. The molecule has 1 fully saturated rings. The van der Waals surface area contributed by atoms with Gasteiger partial charge >= 0.3 is 0 Å². The Morgan fingerprint density at radius 1 is 1.52 bits per heavy atom. The van der Waals surface area contributed by atoms with Crippen molar-refractivity contribution in [2.45, 2.75) is 19.4 Å². The van der Waals surface area contributed by atoms with Crippen molar-refractivity contribution < 1.29 is 13.2 Å². The zero-order valence-corrected chi connectivity index (χ0v) is 12.9. The molecule has 0 saturated carbocycles. The van der Waals surface area contributed by atoms with E-state index in [1.54, 1.807) is 29.2 Å². The van der Waals surface area contributed by atoms with Gasteiger partial charge in [0.1, 0.15) is 0 Å². The van der Waals surface area contributed by atoms with Crippen LogP contribution in [0.2, 0.25) is 0 Å². The van der Waals surface area contributed by atoms with Crippen LogP contribution in [-0.2, 0) is 9.84 Å². The smallest absolute Gasteiger partial charge is 0.254 e. The number of hydrogen-bond acceptors (Lipinski definition) is 4. The molecule has 1 atom stereocenters. The van der Waals surface area contributed by atoms with Crippen LogP contribution in [0.5, 0.6) is 0 Å². The molecule has 0 spiro atoms. The van der Waals surface area contributed by atoms with Gasteiger partial charge in [-0.1, -0.05) is 12.1 Å². The number of anilines is 1. The molecule has 0 bridgehead atoms. The van der Waals surface area contributed by atoms with Crippen LogP contribution in [0.15, 0.2) is 30.9 Å². The Kier molecular flexibility index (Phi) is 4.37. The Morgan fingerprint density at radius 3 is 2.81 bits per heavy atom. The van der Waals surface area contributed by atoms with Gasteiger partial charge in [0.15, 0.2) is 9.84 Å². The molecule has 0 radical (unpaired) electrons. The summed E-state index contributed by atoms with van der Waals surface area (Å²) in [5.41, 5.74) is 7.60. The van der Waals surface area contributed by atoms with Crippen molar-refractivity contribution in [3.8, 4) is 0 Å². The maximum Gasteiger partial charge on any atom is 0.254 e. The van der Waals surface area contributed by atoms with Crippen molar-refractivity contribution in [3.63, 3.8) is 0 Å². The summed E-state index contributed by atoms with van der Waals surface area (Å²) in [5, 5.41) is 0. The van der Waals surface area contributed by atoms with E-state index < -0.39 is 9.84 Å². The van der Waals surface area contributed by atoms with Crippen LogP contribution < -0.4 is 5.73 Å². The summed E-state index contributed by atoms with van der Waals surface area (Å²) in [6, 6.07) is 4.88. The Morgan fingerprint density at radius 2 is 2.24 bits per heavy atom. The highest BCUT2D eigenvalue weighted by atomic mass is 32.2. The fourth-order valence-corrected chi connectivity index (χ4v) is 4.31. The van der Waals surface area contributed by atoms with Gasteiger partial charge in [-0.3, -0.25) is 4.79 Å². The molecule has 1 aromatic rings. The summed E-state index contributed by atoms with van der Waals surface area (Å²) in [5.74, 6) is -0.0376. The third-order valence-electron chi connectivity index (χ3n) is 3.73. The number of carbonyl (C=O) groups excluding carboxylic acids is 1. The number of aryl methyl sites for hydroxylation is 1. The van der Waals surface area contributed by atoms with Crippen molar-refractivity contribution in [1.82, 2.24) is 4.90 Å². The van der Waals surface area contributed by atoms with Crippen LogP contribution in [0, 0.1) is 6.92 Å². The molecule has 114 valence electrons. The first-order valence-electron chi connectivity index (χ1n) is 6.82. The Hall–Kier alpha value is -1.82. The lowest BCUT2D eigenvalue weighted by Gasteiger charge is -2.27. The van der Waals surface area contributed by atoms with E-state index in [1.165, 1.54) is 0 Å². The second-order valence-corrected chi connectivity index (χ2v) is 7.61. The number of carbonyl (C=O) groups is 1. The minimum Gasteiger partial charge on any atom is -0.399 e. The minimum absolute atomic E-state index is 0.0218. The normalized spacial score (nSPS) is 20.1. The fraction of sp³-hybridized carbons (Fsp3) is 0.400. The summed E-state index contributed by atoms with van der Waals surface area (Å²) >= 11 is 0. The average Bonchev–Trinajstić information content (AvgIpc) is 2.78. The van der Waals surface area contributed by atoms with Crippen LogP contribution in [0.3, 0.4) is 0 Å². The number of hydrogen-bond donors (Lipinski definition) is 1. The first kappa shape index (κ1) is 15.6. The lowest BCUT2D eigenvalue weighted by atomic mass is 10.1. The van der Waals surface area contributed by atoms with Gasteiger partial charge in [-0.25, -0.2) is 8.42 Å². The van der Waals surface area contributed by atoms with Gasteiger partial charge in [-0.15, -0.1) is 6.58 Å². The largest absolute Gasteiger partial charge is 0.399 e. The van der Waals surface area contributed by atoms with E-state index in [0.717, 1.165) is 5.56 Å². The molecule has 21 heavy (non-hydrogen) atoms. The fourth-order valence-electron chi connectivity index (χ4n) is 2.58. The number of benzene rings is 1. The predicted octanol–water partition coefficient (Wildman–Crippen LogP) is 1.39. The minimum atomic E-state index is -3.05. The highest BCUT2D eigenvalue weighted by molar-refractivity contribution is 7.91. The standard InChI is InChI=1S/C15H20N2O3S/c1-3-7-17(13-6-8-21(19,20)10-13)15(18)14-9-12(16)5-4-11(14)2/h3-5,9,13H,1,6-8,10,16H2,2H3. The van der Waals surface area contributed by atoms with Crippen LogP contribution in [-0.4, -0.2) is 43.3 Å². The quantitative estimate of drug-likeness (QED) is 0.673. The summed E-state index contributed by atoms with van der Waals surface area (Å²) in [6.45, 7) is 5.82. The lowest BCUT2D eigenvalue weighted by molar-refractivity contribution is 0.0720. The zero-order chi connectivity index (χ0) is 15.6. The van der Waals surface area contributed by atoms with Crippen molar-refractivity contribution in [3.05, 3.63) is 42.0 Å². The lowest BCUT2D eigenvalue weighted by Crippen LogP contribution is -2.41. The number of amides is 1. The Bertz CT molecular complexity index is 667. The van der Waals surface area contributed by atoms with E-state index in [2.05, 4.69) is 6.58 Å². The molecule has 0 aromatic heterocycles. The van der Waals surface area contributed by atoms with Crippen LogP contribution in [0.4, 0.5) is 5.69 Å². The third kappa shape index (κ3) is 3.44. The van der Waals surface area contributed by atoms with E-state index in [9.17, 15) is 13.2 Å². The average molecular weight is 308 g/mol. The molecule has 0 aliphatic carbocycles. The van der Waals surface area contributed by atoms with E-state index in [4.69, 9.17) is 5.73 Å². The number of nitrogen functional groups attached to an aromatic ring is 1. The molecule has 2 N–H and O–H groups in total. The third-order valence-corrected chi connectivity index (χ3v) is 5.48. The highest BCUT2D eigenvalue weighted by Crippen LogP contribution is 2.22. The molecule has 5 nitrogen and oxygen atoms in total. The van der Waals surface area contributed by atoms with Crippen molar-refractivity contribution in [2.75, 3.05) is 23.8 Å². The SMILES string of the molecule is C=CCN(C(=O)c1cc(N)ccc1C)C1CCS(=O)(=O)C1. The summed E-state index contributed by atoms with van der Waals surface area (Å²) in [7, 11) is -3.05. The second kappa shape index (κ2) is 5.89. The zero-order valence-electron chi connectivity index (χ0n) is 12.1. The maximum atomic E-state index is 12.7. The van der Waals surface area contributed by atoms with Crippen LogP contribution in [0.1, 0.15) is 22.3 Å². The summed E-state index contributed by atoms with van der Waals surface area (Å²) in [6.07, 6.45) is 2.09. The topological polar surface area (TPSA) is 80.5 Å². The molecule has 6 heteroatoms. The van der Waals surface area contributed by atoms with Crippen molar-refractivity contribution in [1.29, 1.82) is 0 Å². The van der Waals surface area contributed by atoms with E-state index >= 15 is 0 Å². The van der Waals surface area contributed by atoms with Gasteiger partial charge in [0.05, 0.1) is 11.5 Å². The molecule has 2 rings (SSSR count). The van der Waals surface area contributed by atoms with Gasteiger partial charge in [-0.05, 0) is 31.0 Å². The van der Waals surface area contributed by atoms with Gasteiger partial charge in [0.25, 0.3) is 5.91 Å². The molecule has 1 amide bonds. The maximum absolute atomic E-state index is 12.7. The van der Waals surface area contributed by atoms with Crippen LogP contribution in [0.25, 0.3) is 0 Å². The van der Waals surface area contributed by atoms with E-state index in [-0.39, 0.29) is 23.5 Å². The van der Waals surface area contributed by atoms with Crippen LogP contribution >= 0.6 is 0 Å². The van der Waals surface area contributed by atoms with Gasteiger partial charge in [0.2, 0.25) is 0 Å². The molecule has 1 aromatic carbocycles.